The Morgan fingerprint density at radius 3 is 1.58 bits per heavy atom. The monoisotopic (exact) mass is 242 g/mol. The maximum atomic E-state index is 9.68. The molecule has 0 bridgehead atoms. The van der Waals surface area contributed by atoms with Gasteiger partial charge in [0, 0.05) is 0 Å². The first kappa shape index (κ1) is 14.6. The topological polar surface area (TPSA) is 129 Å². The second-order valence-electron chi connectivity index (χ2n) is 1.35. The molecular formula is C2H7ClO7S2. The van der Waals surface area contributed by atoms with Crippen LogP contribution < -0.4 is 0 Å². The predicted octanol–water partition coefficient (Wildman–Crippen LogP) is -1.50. The number of aliphatic hydroxyl groups excluding tert-OH is 1. The van der Waals surface area contributed by atoms with Crippen molar-refractivity contribution in [3.8, 4) is 0 Å². The van der Waals surface area contributed by atoms with Gasteiger partial charge in [0.25, 0.3) is 0 Å². The SMILES string of the molecule is O=S(=O)(O)O.O=[SH](=O)C(Cl)CO. The minimum Gasteiger partial charge on any atom is -0.394 e. The fourth-order valence-electron chi connectivity index (χ4n) is 0.0667. The van der Waals surface area contributed by atoms with Crippen LogP contribution in [0.4, 0.5) is 0 Å². The van der Waals surface area contributed by atoms with E-state index in [-0.39, 0.29) is 0 Å². The lowest BCUT2D eigenvalue weighted by Crippen LogP contribution is -2.04. The molecule has 1 atom stereocenters. The Kier molecular flexibility index (Phi) is 7.99. The molecule has 0 saturated heterocycles. The Bertz CT molecular complexity index is 249. The summed E-state index contributed by atoms with van der Waals surface area (Å²) in [5, 5.41) is 7.99. The van der Waals surface area contributed by atoms with E-state index in [2.05, 4.69) is 0 Å². The molecule has 0 rings (SSSR count). The molecule has 1 unspecified atom stereocenters. The molecule has 10 heteroatoms. The Labute approximate surface area is 75.5 Å². The summed E-state index contributed by atoms with van der Waals surface area (Å²) < 4.78 is 49.8. The second kappa shape index (κ2) is 6.57. The van der Waals surface area contributed by atoms with Crippen LogP contribution >= 0.6 is 11.6 Å². The van der Waals surface area contributed by atoms with Crippen LogP contribution in [-0.2, 0) is 21.1 Å². The number of rotatable bonds is 2. The van der Waals surface area contributed by atoms with Crippen molar-refractivity contribution in [2.75, 3.05) is 6.61 Å². The number of halogens is 1. The van der Waals surface area contributed by atoms with Crippen LogP contribution in [0.5, 0.6) is 0 Å². The molecule has 0 aromatic carbocycles. The zero-order valence-electron chi connectivity index (χ0n) is 5.49. The van der Waals surface area contributed by atoms with Gasteiger partial charge in [0.2, 0.25) is 0 Å². The van der Waals surface area contributed by atoms with E-state index in [0.29, 0.717) is 0 Å². The van der Waals surface area contributed by atoms with Crippen LogP contribution in [0, 0.1) is 0 Å². The van der Waals surface area contributed by atoms with Crippen LogP contribution in [-0.4, -0.2) is 42.4 Å². The van der Waals surface area contributed by atoms with Crippen LogP contribution in [0.1, 0.15) is 0 Å². The highest BCUT2D eigenvalue weighted by Gasteiger charge is 2.01. The van der Waals surface area contributed by atoms with Gasteiger partial charge in [-0.25, -0.2) is 8.42 Å². The maximum Gasteiger partial charge on any atom is 0.394 e. The van der Waals surface area contributed by atoms with Gasteiger partial charge in [-0.15, -0.1) is 11.6 Å². The molecule has 0 fully saturated rings. The highest BCUT2D eigenvalue weighted by Crippen LogP contribution is 1.91. The molecule has 0 aliphatic heterocycles. The van der Waals surface area contributed by atoms with Crippen molar-refractivity contribution in [3.05, 3.63) is 0 Å². The van der Waals surface area contributed by atoms with Gasteiger partial charge in [-0.1, -0.05) is 0 Å². The van der Waals surface area contributed by atoms with E-state index in [1.54, 1.807) is 0 Å². The molecule has 0 amide bonds. The van der Waals surface area contributed by atoms with Crippen molar-refractivity contribution >= 4 is 32.7 Å². The van der Waals surface area contributed by atoms with Gasteiger partial charge in [-0.2, -0.15) is 8.42 Å². The zero-order valence-corrected chi connectivity index (χ0v) is 7.96. The average molecular weight is 243 g/mol. The van der Waals surface area contributed by atoms with Crippen molar-refractivity contribution in [2.24, 2.45) is 0 Å². The predicted molar refractivity (Wildman–Crippen MR) is 41.2 cm³/mol. The first-order chi connectivity index (χ1) is 5.18. The summed E-state index contributed by atoms with van der Waals surface area (Å²) in [5.74, 6) is 0. The van der Waals surface area contributed by atoms with Crippen molar-refractivity contribution in [1.82, 2.24) is 0 Å². The van der Waals surface area contributed by atoms with Gasteiger partial charge in [-0.3, -0.25) is 9.11 Å². The molecule has 0 aliphatic rings. The zero-order chi connectivity index (χ0) is 10.4. The lowest BCUT2D eigenvalue weighted by molar-refractivity contribution is 0.312. The minimum absolute atomic E-state index is 0.514. The Morgan fingerprint density at radius 2 is 1.58 bits per heavy atom. The molecule has 0 spiro atoms. The quantitative estimate of drug-likeness (QED) is 0.263. The van der Waals surface area contributed by atoms with Crippen LogP contribution in [0.25, 0.3) is 0 Å². The molecule has 0 heterocycles. The molecule has 3 N–H and O–H groups in total. The van der Waals surface area contributed by atoms with E-state index in [9.17, 15) is 8.42 Å². The van der Waals surface area contributed by atoms with Gasteiger partial charge >= 0.3 is 10.4 Å². The molecule has 76 valence electrons. The second-order valence-corrected chi connectivity index (χ2v) is 4.27. The third kappa shape index (κ3) is 22.5. The first-order valence-corrected chi connectivity index (χ1v) is 5.34. The van der Waals surface area contributed by atoms with E-state index in [1.807, 2.05) is 0 Å². The van der Waals surface area contributed by atoms with Gasteiger partial charge < -0.3 is 5.11 Å². The lowest BCUT2D eigenvalue weighted by atomic mass is 10.9. The fraction of sp³-hybridized carbons (Fsp3) is 1.00. The summed E-state index contributed by atoms with van der Waals surface area (Å²) in [7, 11) is -7.31. The normalized spacial score (nSPS) is 13.4. The third-order valence-electron chi connectivity index (χ3n) is 0.379. The highest BCUT2D eigenvalue weighted by atomic mass is 35.5. The third-order valence-corrected chi connectivity index (χ3v) is 1.62. The molecule has 0 saturated carbocycles. The number of alkyl halides is 1. The molecule has 0 radical (unpaired) electrons. The summed E-state index contributed by atoms with van der Waals surface area (Å²) in [4.78, 5) is 0. The van der Waals surface area contributed by atoms with Crippen molar-refractivity contribution < 1.29 is 31.0 Å². The van der Waals surface area contributed by atoms with E-state index in [1.165, 1.54) is 0 Å². The van der Waals surface area contributed by atoms with Gasteiger partial charge in [0.1, 0.15) is 0 Å². The summed E-state index contributed by atoms with van der Waals surface area (Å²) in [6, 6.07) is 0. The van der Waals surface area contributed by atoms with E-state index < -0.39 is 32.4 Å². The first-order valence-electron chi connectivity index (χ1n) is 2.26. The average Bonchev–Trinajstić information content (AvgIpc) is 1.82. The van der Waals surface area contributed by atoms with Crippen molar-refractivity contribution in [3.63, 3.8) is 0 Å². The maximum absolute atomic E-state index is 9.68. The molecule has 0 aromatic rings. The Balaban J connectivity index is 0. The van der Waals surface area contributed by atoms with Crippen LogP contribution in [0.3, 0.4) is 0 Å². The van der Waals surface area contributed by atoms with Crippen LogP contribution in [0.15, 0.2) is 0 Å². The number of hydrogen-bond donors (Lipinski definition) is 4. The standard InChI is InChI=1S/C2H5ClO3S.H2O4S/c3-2(1-4)7(5)6;1-5(2,3)4/h2,4,7H,1H2;(H2,1,2,3,4). The van der Waals surface area contributed by atoms with Crippen molar-refractivity contribution in [2.45, 2.75) is 4.71 Å². The molecule has 0 aliphatic carbocycles. The summed E-state index contributed by atoms with van der Waals surface area (Å²) in [6.07, 6.45) is 0. The summed E-state index contributed by atoms with van der Waals surface area (Å²) in [6.45, 7) is -0.514. The Hall–Kier alpha value is 0.0700. The minimum atomic E-state index is -4.67. The highest BCUT2D eigenvalue weighted by molar-refractivity contribution is 7.79. The molecule has 0 aromatic heterocycles. The van der Waals surface area contributed by atoms with Gasteiger partial charge in [0.15, 0.2) is 15.4 Å². The van der Waals surface area contributed by atoms with Gasteiger partial charge in [0.05, 0.1) is 6.61 Å². The Morgan fingerprint density at radius 1 is 1.33 bits per heavy atom. The molecule has 7 nitrogen and oxygen atoms in total. The number of aliphatic hydroxyl groups is 1. The number of hydrogen-bond acceptors (Lipinski definition) is 5. The van der Waals surface area contributed by atoms with E-state index >= 15 is 0 Å². The molecular weight excluding hydrogens is 236 g/mol. The fourth-order valence-corrected chi connectivity index (χ4v) is 0.200. The molecule has 12 heavy (non-hydrogen) atoms. The van der Waals surface area contributed by atoms with Gasteiger partial charge in [-0.05, 0) is 0 Å². The summed E-state index contributed by atoms with van der Waals surface area (Å²) in [5.41, 5.74) is 0. The largest absolute Gasteiger partial charge is 0.394 e. The van der Waals surface area contributed by atoms with Crippen molar-refractivity contribution in [1.29, 1.82) is 0 Å². The summed E-state index contributed by atoms with van der Waals surface area (Å²) >= 11 is 4.95. The van der Waals surface area contributed by atoms with E-state index in [4.69, 9.17) is 34.2 Å². The smallest absolute Gasteiger partial charge is 0.394 e. The number of thiol groups is 1. The van der Waals surface area contributed by atoms with Crippen LogP contribution in [0.2, 0.25) is 0 Å². The van der Waals surface area contributed by atoms with E-state index in [0.717, 1.165) is 0 Å². The lowest BCUT2D eigenvalue weighted by Gasteiger charge is -1.88.